The van der Waals surface area contributed by atoms with Crippen LogP contribution >= 0.6 is 0 Å². The third-order valence-electron chi connectivity index (χ3n) is 2.49. The van der Waals surface area contributed by atoms with Gasteiger partial charge in [0.1, 0.15) is 12.2 Å². The largest absolute Gasteiger partial charge is 0.360 e. The predicted octanol–water partition coefficient (Wildman–Crippen LogP) is 1.82. The van der Waals surface area contributed by atoms with Gasteiger partial charge in [0.25, 0.3) is 0 Å². The molecule has 106 valence electrons. The molecule has 1 aromatic heterocycles. The molecular formula is C14H12N4O3. The van der Waals surface area contributed by atoms with Crippen molar-refractivity contribution >= 4 is 23.3 Å². The van der Waals surface area contributed by atoms with E-state index in [2.05, 4.69) is 15.8 Å². The van der Waals surface area contributed by atoms with Crippen LogP contribution in [0.5, 0.6) is 0 Å². The first kappa shape index (κ1) is 14.3. The molecule has 7 nitrogen and oxygen atoms in total. The Hall–Kier alpha value is -3.14. The van der Waals surface area contributed by atoms with Crippen LogP contribution < -0.4 is 10.6 Å². The molecule has 0 atom stereocenters. The van der Waals surface area contributed by atoms with Gasteiger partial charge in [0.2, 0.25) is 11.8 Å². The van der Waals surface area contributed by atoms with Crippen molar-refractivity contribution < 1.29 is 14.1 Å². The smallest absolute Gasteiger partial charge is 0.235 e. The third kappa shape index (κ3) is 4.18. The lowest BCUT2D eigenvalue weighted by molar-refractivity contribution is -0.123. The molecule has 0 fully saturated rings. The minimum Gasteiger partial charge on any atom is -0.360 e. The summed E-state index contributed by atoms with van der Waals surface area (Å²) in [6.45, 7) is 1.69. The molecule has 0 bridgehead atoms. The molecule has 21 heavy (non-hydrogen) atoms. The fourth-order valence-corrected chi connectivity index (χ4v) is 1.63. The first-order valence-corrected chi connectivity index (χ1v) is 6.10. The van der Waals surface area contributed by atoms with E-state index in [1.54, 1.807) is 31.2 Å². The highest BCUT2D eigenvalue weighted by atomic mass is 16.5. The molecule has 2 rings (SSSR count). The molecular weight excluding hydrogens is 272 g/mol. The normalized spacial score (nSPS) is 9.71. The third-order valence-corrected chi connectivity index (χ3v) is 2.49. The lowest BCUT2D eigenvalue weighted by Crippen LogP contribution is -2.21. The monoisotopic (exact) mass is 284 g/mol. The highest BCUT2D eigenvalue weighted by Crippen LogP contribution is 2.11. The Balaban J connectivity index is 1.89. The summed E-state index contributed by atoms with van der Waals surface area (Å²) in [5.41, 5.74) is 0.888. The van der Waals surface area contributed by atoms with E-state index in [1.165, 1.54) is 6.07 Å². The number of nitrogens with one attached hydrogen (secondary N) is 2. The number of amides is 2. The standard InChI is InChI=1S/C14H12N4O3/c1-9-5-12(18-21-9)17-14(20)7-13(19)16-11-4-2-3-10(6-11)8-15/h2-6H,7H2,1H3,(H,16,19)(H,17,18,20). The van der Waals surface area contributed by atoms with Crippen LogP contribution in [0, 0.1) is 18.3 Å². The molecule has 0 unspecified atom stereocenters. The summed E-state index contributed by atoms with van der Waals surface area (Å²) in [6.07, 6.45) is -0.358. The Bertz CT molecular complexity index is 715. The number of hydrogen-bond acceptors (Lipinski definition) is 5. The number of aryl methyl sites for hydroxylation is 1. The number of anilines is 2. The van der Waals surface area contributed by atoms with Gasteiger partial charge >= 0.3 is 0 Å². The van der Waals surface area contributed by atoms with Crippen LogP contribution in [0.3, 0.4) is 0 Å². The van der Waals surface area contributed by atoms with E-state index in [9.17, 15) is 9.59 Å². The van der Waals surface area contributed by atoms with Crippen molar-refractivity contribution in [1.82, 2.24) is 5.16 Å². The first-order valence-electron chi connectivity index (χ1n) is 6.10. The molecule has 2 N–H and O–H groups in total. The Morgan fingerprint density at radius 2 is 2.05 bits per heavy atom. The molecule has 0 spiro atoms. The highest BCUT2D eigenvalue weighted by molar-refractivity contribution is 6.07. The molecule has 0 saturated carbocycles. The van der Waals surface area contributed by atoms with Crippen LogP contribution in [0.1, 0.15) is 17.7 Å². The number of benzene rings is 1. The van der Waals surface area contributed by atoms with E-state index in [4.69, 9.17) is 9.78 Å². The molecule has 7 heteroatoms. The average molecular weight is 284 g/mol. The van der Waals surface area contributed by atoms with E-state index in [0.717, 1.165) is 0 Å². The molecule has 0 aliphatic heterocycles. The molecule has 2 amide bonds. The lowest BCUT2D eigenvalue weighted by Gasteiger charge is -2.05. The number of aromatic nitrogens is 1. The van der Waals surface area contributed by atoms with Gasteiger partial charge < -0.3 is 15.2 Å². The number of hydrogen-bond donors (Lipinski definition) is 2. The van der Waals surface area contributed by atoms with Crippen LogP contribution in [-0.4, -0.2) is 17.0 Å². The summed E-state index contributed by atoms with van der Waals surface area (Å²) < 4.78 is 4.80. The van der Waals surface area contributed by atoms with Crippen molar-refractivity contribution in [3.05, 3.63) is 41.7 Å². The van der Waals surface area contributed by atoms with Gasteiger partial charge in [-0.2, -0.15) is 5.26 Å². The van der Waals surface area contributed by atoms with Gasteiger partial charge in [0, 0.05) is 11.8 Å². The second-order valence-corrected chi connectivity index (χ2v) is 4.29. The van der Waals surface area contributed by atoms with Crippen molar-refractivity contribution in [1.29, 1.82) is 5.26 Å². The van der Waals surface area contributed by atoms with E-state index < -0.39 is 11.8 Å². The van der Waals surface area contributed by atoms with Crippen molar-refractivity contribution in [2.45, 2.75) is 13.3 Å². The number of carbonyl (C=O) groups excluding carboxylic acids is 2. The maximum atomic E-state index is 11.7. The summed E-state index contributed by atoms with van der Waals surface area (Å²) >= 11 is 0. The van der Waals surface area contributed by atoms with E-state index in [-0.39, 0.29) is 12.2 Å². The zero-order valence-electron chi connectivity index (χ0n) is 11.2. The summed E-state index contributed by atoms with van der Waals surface area (Å²) in [7, 11) is 0. The topological polar surface area (TPSA) is 108 Å². The number of nitrogens with zero attached hydrogens (tertiary/aromatic N) is 2. The second kappa shape index (κ2) is 6.34. The predicted molar refractivity (Wildman–Crippen MR) is 74.3 cm³/mol. The number of nitriles is 1. The molecule has 0 radical (unpaired) electrons. The van der Waals surface area contributed by atoms with Crippen LogP contribution in [0.2, 0.25) is 0 Å². The minimum atomic E-state index is -0.503. The van der Waals surface area contributed by atoms with Crippen molar-refractivity contribution in [2.24, 2.45) is 0 Å². The van der Waals surface area contributed by atoms with E-state index >= 15 is 0 Å². The fourth-order valence-electron chi connectivity index (χ4n) is 1.63. The zero-order chi connectivity index (χ0) is 15.2. The summed E-state index contributed by atoms with van der Waals surface area (Å²) in [5, 5.41) is 17.3. The van der Waals surface area contributed by atoms with E-state index in [0.29, 0.717) is 17.0 Å². The SMILES string of the molecule is Cc1cc(NC(=O)CC(=O)Nc2cccc(C#N)c2)no1. The molecule has 0 aliphatic carbocycles. The number of carbonyl (C=O) groups is 2. The summed E-state index contributed by atoms with van der Waals surface area (Å²) in [4.78, 5) is 23.4. The Morgan fingerprint density at radius 1 is 1.29 bits per heavy atom. The maximum Gasteiger partial charge on any atom is 0.235 e. The van der Waals surface area contributed by atoms with Crippen LogP contribution in [0.4, 0.5) is 11.5 Å². The van der Waals surface area contributed by atoms with E-state index in [1.807, 2.05) is 6.07 Å². The van der Waals surface area contributed by atoms with Gasteiger partial charge in [0.15, 0.2) is 5.82 Å². The van der Waals surface area contributed by atoms with Gasteiger partial charge in [-0.05, 0) is 25.1 Å². The maximum absolute atomic E-state index is 11.7. The average Bonchev–Trinajstić information content (AvgIpc) is 2.83. The summed E-state index contributed by atoms with van der Waals surface area (Å²) in [6, 6.07) is 9.94. The number of rotatable bonds is 4. The fraction of sp³-hybridized carbons (Fsp3) is 0.143. The highest BCUT2D eigenvalue weighted by Gasteiger charge is 2.12. The van der Waals surface area contributed by atoms with Crippen LogP contribution in [0.25, 0.3) is 0 Å². The molecule has 2 aromatic rings. The molecule has 0 saturated heterocycles. The quantitative estimate of drug-likeness (QED) is 0.832. The Labute approximate surface area is 120 Å². The summed E-state index contributed by atoms with van der Waals surface area (Å²) in [5.74, 6) is -0.167. The first-order chi connectivity index (χ1) is 10.1. The minimum absolute atomic E-state index is 0.261. The van der Waals surface area contributed by atoms with Gasteiger partial charge in [-0.25, -0.2) is 0 Å². The molecule has 1 heterocycles. The van der Waals surface area contributed by atoms with Gasteiger partial charge in [-0.1, -0.05) is 11.2 Å². The van der Waals surface area contributed by atoms with Crippen molar-refractivity contribution in [3.8, 4) is 6.07 Å². The second-order valence-electron chi connectivity index (χ2n) is 4.29. The molecule has 1 aromatic carbocycles. The van der Waals surface area contributed by atoms with Crippen LogP contribution in [0.15, 0.2) is 34.9 Å². The van der Waals surface area contributed by atoms with Gasteiger partial charge in [-0.15, -0.1) is 0 Å². The Morgan fingerprint density at radius 3 is 2.71 bits per heavy atom. The van der Waals surface area contributed by atoms with Gasteiger partial charge in [-0.3, -0.25) is 9.59 Å². The van der Waals surface area contributed by atoms with Crippen molar-refractivity contribution in [2.75, 3.05) is 10.6 Å². The van der Waals surface area contributed by atoms with Crippen molar-refractivity contribution in [3.63, 3.8) is 0 Å². The lowest BCUT2D eigenvalue weighted by atomic mass is 10.2. The van der Waals surface area contributed by atoms with Gasteiger partial charge in [0.05, 0.1) is 11.6 Å². The zero-order valence-corrected chi connectivity index (χ0v) is 11.2. The Kier molecular flexibility index (Phi) is 4.31. The van der Waals surface area contributed by atoms with Crippen LogP contribution in [-0.2, 0) is 9.59 Å². The molecule has 0 aliphatic rings.